The molecule has 18 heavy (non-hydrogen) atoms. The van der Waals surface area contributed by atoms with Gasteiger partial charge in [0.2, 0.25) is 0 Å². The fourth-order valence-electron chi connectivity index (χ4n) is 1.37. The Bertz CT molecular complexity index is 581. The molecule has 0 aliphatic rings. The minimum Gasteiger partial charge on any atom is -0.320 e. The van der Waals surface area contributed by atoms with E-state index in [9.17, 15) is 4.39 Å². The van der Waals surface area contributed by atoms with E-state index >= 15 is 0 Å². The summed E-state index contributed by atoms with van der Waals surface area (Å²) in [6.45, 7) is 0.372. The third-order valence-electron chi connectivity index (χ3n) is 2.18. The van der Waals surface area contributed by atoms with E-state index in [-0.39, 0.29) is 5.82 Å². The topological polar surface area (TPSA) is 26.0 Å². The molecular weight excluding hydrogens is 265 g/mol. The molecule has 1 aromatic carbocycles. The summed E-state index contributed by atoms with van der Waals surface area (Å²) in [5, 5.41) is 0. The fourth-order valence-corrected chi connectivity index (χ4v) is 3.24. The summed E-state index contributed by atoms with van der Waals surface area (Å²) in [4.78, 5) is 2.87. The summed E-state index contributed by atoms with van der Waals surface area (Å²) in [6.07, 6.45) is 0. The Morgan fingerprint density at radius 3 is 2.83 bits per heavy atom. The number of hydrogen-bond acceptors (Lipinski definition) is 3. The summed E-state index contributed by atoms with van der Waals surface area (Å²) in [5.74, 6) is 6.41. The van der Waals surface area contributed by atoms with Crippen molar-refractivity contribution in [3.05, 3.63) is 52.0 Å². The Labute approximate surface area is 114 Å². The van der Waals surface area contributed by atoms with Gasteiger partial charge in [-0.1, -0.05) is 24.0 Å². The molecule has 2 rings (SSSR count). The van der Waals surface area contributed by atoms with Crippen LogP contribution < -0.4 is 5.73 Å². The molecule has 2 aromatic rings. The van der Waals surface area contributed by atoms with Crippen LogP contribution in [0.1, 0.15) is 9.75 Å². The first-order valence-electron chi connectivity index (χ1n) is 5.44. The van der Waals surface area contributed by atoms with Crippen LogP contribution in [0.5, 0.6) is 0 Å². The van der Waals surface area contributed by atoms with Crippen LogP contribution in [0.25, 0.3) is 0 Å². The lowest BCUT2D eigenvalue weighted by atomic mass is 10.3. The summed E-state index contributed by atoms with van der Waals surface area (Å²) >= 11 is 3.13. The van der Waals surface area contributed by atoms with Gasteiger partial charge in [0.15, 0.2) is 0 Å². The van der Waals surface area contributed by atoms with E-state index in [4.69, 9.17) is 5.73 Å². The molecule has 0 aliphatic carbocycles. The quantitative estimate of drug-likeness (QED) is 0.686. The van der Waals surface area contributed by atoms with Gasteiger partial charge in [0.1, 0.15) is 5.82 Å². The van der Waals surface area contributed by atoms with Gasteiger partial charge in [0, 0.05) is 15.5 Å². The van der Waals surface area contributed by atoms with Crippen LogP contribution in [0.3, 0.4) is 0 Å². The van der Waals surface area contributed by atoms with Crippen molar-refractivity contribution in [2.45, 2.75) is 10.6 Å². The molecule has 0 saturated heterocycles. The Hall–Kier alpha value is -1.28. The minimum atomic E-state index is -0.165. The smallest absolute Gasteiger partial charge is 0.136 e. The monoisotopic (exact) mass is 277 g/mol. The fraction of sp³-hybridized carbons (Fsp3) is 0.143. The number of hydrogen-bond donors (Lipinski definition) is 1. The third-order valence-corrected chi connectivity index (χ3v) is 4.46. The summed E-state index contributed by atoms with van der Waals surface area (Å²) in [5.41, 5.74) is 5.32. The molecule has 2 N–H and O–H groups in total. The van der Waals surface area contributed by atoms with Gasteiger partial charge in [-0.15, -0.1) is 23.1 Å². The van der Waals surface area contributed by atoms with Gasteiger partial charge in [0.25, 0.3) is 0 Å². The van der Waals surface area contributed by atoms with Crippen molar-refractivity contribution < 1.29 is 4.39 Å². The van der Waals surface area contributed by atoms with E-state index in [1.807, 2.05) is 18.2 Å². The van der Waals surface area contributed by atoms with Gasteiger partial charge in [-0.3, -0.25) is 0 Å². The van der Waals surface area contributed by atoms with Crippen molar-refractivity contribution in [3.63, 3.8) is 0 Å². The van der Waals surface area contributed by atoms with Gasteiger partial charge >= 0.3 is 0 Å². The lowest BCUT2D eigenvalue weighted by molar-refractivity contribution is 0.602. The summed E-state index contributed by atoms with van der Waals surface area (Å²) < 4.78 is 13.4. The largest absolute Gasteiger partial charge is 0.320 e. The molecule has 4 heteroatoms. The highest BCUT2D eigenvalue weighted by molar-refractivity contribution is 7.98. The zero-order valence-electron chi connectivity index (χ0n) is 9.65. The average Bonchev–Trinajstić information content (AvgIpc) is 2.83. The first kappa shape index (κ1) is 13.2. The molecule has 0 saturated carbocycles. The number of thiophene rings is 1. The number of halogens is 1. The number of rotatable bonds is 3. The van der Waals surface area contributed by atoms with Crippen LogP contribution in [0, 0.1) is 17.7 Å². The molecule has 1 nitrogen and oxygen atoms in total. The molecule has 0 radical (unpaired) electrons. The van der Waals surface area contributed by atoms with Gasteiger partial charge in [-0.2, -0.15) is 0 Å². The first-order valence-corrected chi connectivity index (χ1v) is 7.25. The highest BCUT2D eigenvalue weighted by Crippen LogP contribution is 2.28. The molecule has 0 fully saturated rings. The number of nitrogens with two attached hydrogens (primary N) is 1. The maximum Gasteiger partial charge on any atom is 0.136 e. The van der Waals surface area contributed by atoms with Crippen LogP contribution in [0.4, 0.5) is 4.39 Å². The van der Waals surface area contributed by atoms with E-state index in [0.717, 1.165) is 10.6 Å². The van der Waals surface area contributed by atoms with Crippen molar-refractivity contribution in [1.82, 2.24) is 0 Å². The molecule has 92 valence electrons. The normalized spacial score (nSPS) is 9.89. The van der Waals surface area contributed by atoms with E-state index in [2.05, 4.69) is 11.8 Å². The van der Waals surface area contributed by atoms with Gasteiger partial charge in [0.05, 0.1) is 11.4 Å². The van der Waals surface area contributed by atoms with Crippen molar-refractivity contribution in [1.29, 1.82) is 0 Å². The van der Waals surface area contributed by atoms with Crippen LogP contribution in [-0.2, 0) is 5.75 Å². The molecule has 0 atom stereocenters. The van der Waals surface area contributed by atoms with Gasteiger partial charge in [-0.05, 0) is 24.3 Å². The SMILES string of the molecule is NCC#Cc1ccc(CSc2ccccc2F)s1. The van der Waals surface area contributed by atoms with Crippen molar-refractivity contribution in [3.8, 4) is 11.8 Å². The van der Waals surface area contributed by atoms with E-state index < -0.39 is 0 Å². The summed E-state index contributed by atoms with van der Waals surface area (Å²) in [7, 11) is 0. The average molecular weight is 277 g/mol. The van der Waals surface area contributed by atoms with Crippen LogP contribution in [0.15, 0.2) is 41.3 Å². The van der Waals surface area contributed by atoms with Crippen molar-refractivity contribution in [2.75, 3.05) is 6.54 Å². The zero-order valence-corrected chi connectivity index (χ0v) is 11.3. The van der Waals surface area contributed by atoms with E-state index in [1.165, 1.54) is 22.7 Å². The Balaban J connectivity index is 1.98. The van der Waals surface area contributed by atoms with E-state index in [0.29, 0.717) is 11.4 Å². The molecule has 0 aliphatic heterocycles. The second-order valence-corrected chi connectivity index (χ2v) is 5.68. The highest BCUT2D eigenvalue weighted by Gasteiger charge is 2.03. The Kier molecular flexibility index (Phi) is 4.82. The molecule has 0 unspecified atom stereocenters. The lowest BCUT2D eigenvalue weighted by Crippen LogP contribution is -1.92. The minimum absolute atomic E-state index is 0.165. The van der Waals surface area contributed by atoms with Crippen LogP contribution >= 0.6 is 23.1 Å². The molecule has 1 heterocycles. The predicted molar refractivity (Wildman–Crippen MR) is 76.2 cm³/mol. The molecular formula is C14H12FNS2. The van der Waals surface area contributed by atoms with Gasteiger partial charge < -0.3 is 5.73 Å². The first-order chi connectivity index (χ1) is 8.79. The zero-order chi connectivity index (χ0) is 12.8. The van der Waals surface area contributed by atoms with Crippen molar-refractivity contribution >= 4 is 23.1 Å². The standard InChI is InChI=1S/C14H12FNS2/c15-13-5-1-2-6-14(13)17-10-12-8-7-11(18-12)4-3-9-16/h1-2,5-8H,9-10,16H2. The Morgan fingerprint density at radius 1 is 1.22 bits per heavy atom. The number of benzene rings is 1. The highest BCUT2D eigenvalue weighted by atomic mass is 32.2. The molecule has 0 amide bonds. The number of thioether (sulfide) groups is 1. The molecule has 1 aromatic heterocycles. The molecule has 0 bridgehead atoms. The third kappa shape index (κ3) is 3.61. The maximum atomic E-state index is 13.4. The van der Waals surface area contributed by atoms with E-state index in [1.54, 1.807) is 23.5 Å². The van der Waals surface area contributed by atoms with Crippen LogP contribution in [0.2, 0.25) is 0 Å². The Morgan fingerprint density at radius 2 is 2.06 bits per heavy atom. The predicted octanol–water partition coefficient (Wildman–Crippen LogP) is 3.49. The molecule has 0 spiro atoms. The maximum absolute atomic E-state index is 13.4. The summed E-state index contributed by atoms with van der Waals surface area (Å²) in [6, 6.07) is 10.8. The second-order valence-electron chi connectivity index (χ2n) is 3.49. The lowest BCUT2D eigenvalue weighted by Gasteiger charge is -2.00. The van der Waals surface area contributed by atoms with Crippen LogP contribution in [-0.4, -0.2) is 6.54 Å². The second kappa shape index (κ2) is 6.60. The van der Waals surface area contributed by atoms with Gasteiger partial charge in [-0.25, -0.2) is 4.39 Å². The van der Waals surface area contributed by atoms with Crippen molar-refractivity contribution in [2.24, 2.45) is 5.73 Å².